The van der Waals surface area contributed by atoms with Gasteiger partial charge < -0.3 is 14.6 Å². The highest BCUT2D eigenvalue weighted by Gasteiger charge is 2.17. The SMILES string of the molecule is COc1cc(OC)c2c(O)c3ccccc3c(C#N)c2c1. The van der Waals surface area contributed by atoms with E-state index in [1.165, 1.54) is 7.11 Å². The van der Waals surface area contributed by atoms with Gasteiger partial charge in [0.1, 0.15) is 23.3 Å². The van der Waals surface area contributed by atoms with Gasteiger partial charge in [0, 0.05) is 22.2 Å². The number of hydrogen-bond donors (Lipinski definition) is 1. The number of fused-ring (bicyclic) bond motifs is 2. The minimum atomic E-state index is 0.110. The fraction of sp³-hybridized carbons (Fsp3) is 0.118. The van der Waals surface area contributed by atoms with Crippen molar-refractivity contribution in [3.8, 4) is 23.3 Å². The van der Waals surface area contributed by atoms with Gasteiger partial charge in [0.05, 0.1) is 25.2 Å². The molecule has 0 fully saturated rings. The summed E-state index contributed by atoms with van der Waals surface area (Å²) in [7, 11) is 3.07. The molecule has 0 bridgehead atoms. The summed E-state index contributed by atoms with van der Waals surface area (Å²) in [6.07, 6.45) is 0. The topological polar surface area (TPSA) is 62.5 Å². The molecule has 3 aromatic carbocycles. The third-order valence-electron chi connectivity index (χ3n) is 3.60. The largest absolute Gasteiger partial charge is 0.507 e. The third kappa shape index (κ3) is 1.83. The van der Waals surface area contributed by atoms with Gasteiger partial charge in [-0.25, -0.2) is 0 Å². The molecular weight excluding hydrogens is 266 g/mol. The van der Waals surface area contributed by atoms with E-state index in [4.69, 9.17) is 9.47 Å². The molecule has 0 atom stereocenters. The van der Waals surface area contributed by atoms with Crippen LogP contribution in [0.15, 0.2) is 36.4 Å². The van der Waals surface area contributed by atoms with Gasteiger partial charge >= 0.3 is 0 Å². The number of phenols is 1. The van der Waals surface area contributed by atoms with Crippen LogP contribution in [0.2, 0.25) is 0 Å². The number of hydrogen-bond acceptors (Lipinski definition) is 4. The first-order valence-electron chi connectivity index (χ1n) is 6.40. The number of nitrogens with zero attached hydrogens (tertiary/aromatic N) is 1. The highest BCUT2D eigenvalue weighted by Crippen LogP contribution is 2.43. The summed E-state index contributed by atoms with van der Waals surface area (Å²) < 4.78 is 10.6. The van der Waals surface area contributed by atoms with E-state index in [0.29, 0.717) is 38.6 Å². The van der Waals surface area contributed by atoms with E-state index in [0.717, 1.165) is 0 Å². The second kappa shape index (κ2) is 4.88. The van der Waals surface area contributed by atoms with Crippen LogP contribution < -0.4 is 9.47 Å². The highest BCUT2D eigenvalue weighted by molar-refractivity contribution is 6.12. The standard InChI is InChI=1S/C17H13NO3/c1-20-10-7-13-14(9-18)11-5-3-4-6-12(11)17(19)16(13)15(8-10)21-2/h3-8,19H,1-2H3. The van der Waals surface area contributed by atoms with E-state index >= 15 is 0 Å². The Morgan fingerprint density at radius 2 is 1.71 bits per heavy atom. The van der Waals surface area contributed by atoms with Crippen molar-refractivity contribution in [3.05, 3.63) is 42.0 Å². The zero-order valence-electron chi connectivity index (χ0n) is 11.7. The van der Waals surface area contributed by atoms with Gasteiger partial charge in [-0.2, -0.15) is 5.26 Å². The summed E-state index contributed by atoms with van der Waals surface area (Å²) in [6.45, 7) is 0. The van der Waals surface area contributed by atoms with Crippen molar-refractivity contribution in [2.24, 2.45) is 0 Å². The van der Waals surface area contributed by atoms with Crippen molar-refractivity contribution in [1.82, 2.24) is 0 Å². The van der Waals surface area contributed by atoms with E-state index in [-0.39, 0.29) is 5.75 Å². The van der Waals surface area contributed by atoms with Crippen molar-refractivity contribution < 1.29 is 14.6 Å². The number of rotatable bonds is 2. The first-order chi connectivity index (χ1) is 10.2. The van der Waals surface area contributed by atoms with Crippen molar-refractivity contribution in [1.29, 1.82) is 5.26 Å². The van der Waals surface area contributed by atoms with Gasteiger partial charge in [0.25, 0.3) is 0 Å². The lowest BCUT2D eigenvalue weighted by atomic mass is 9.95. The van der Waals surface area contributed by atoms with Crippen molar-refractivity contribution in [3.63, 3.8) is 0 Å². The predicted molar refractivity (Wildman–Crippen MR) is 80.9 cm³/mol. The lowest BCUT2D eigenvalue weighted by Gasteiger charge is -2.14. The van der Waals surface area contributed by atoms with Crippen molar-refractivity contribution in [2.75, 3.05) is 14.2 Å². The fourth-order valence-electron chi connectivity index (χ4n) is 2.62. The Hall–Kier alpha value is -2.93. The molecule has 3 rings (SSSR count). The van der Waals surface area contributed by atoms with Crippen LogP contribution in [0.3, 0.4) is 0 Å². The van der Waals surface area contributed by atoms with Crippen LogP contribution in [0, 0.1) is 11.3 Å². The molecule has 0 aliphatic heterocycles. The lowest BCUT2D eigenvalue weighted by Crippen LogP contribution is -1.92. The zero-order valence-corrected chi connectivity index (χ0v) is 11.7. The average molecular weight is 279 g/mol. The van der Waals surface area contributed by atoms with Crippen LogP contribution in [-0.2, 0) is 0 Å². The normalized spacial score (nSPS) is 10.5. The molecule has 0 aliphatic rings. The van der Waals surface area contributed by atoms with Gasteiger partial charge in [-0.1, -0.05) is 24.3 Å². The Kier molecular flexibility index (Phi) is 3.03. The lowest BCUT2D eigenvalue weighted by molar-refractivity contribution is 0.396. The number of aromatic hydroxyl groups is 1. The molecule has 0 aliphatic carbocycles. The molecule has 0 aromatic heterocycles. The molecule has 3 aromatic rings. The summed E-state index contributed by atoms with van der Waals surface area (Å²) >= 11 is 0. The molecule has 1 N–H and O–H groups in total. The molecule has 0 heterocycles. The van der Waals surface area contributed by atoms with Crippen LogP contribution in [0.1, 0.15) is 5.56 Å². The molecule has 4 heteroatoms. The number of ether oxygens (including phenoxy) is 2. The van der Waals surface area contributed by atoms with Gasteiger partial charge in [0.2, 0.25) is 0 Å². The third-order valence-corrected chi connectivity index (χ3v) is 3.60. The predicted octanol–water partition coefficient (Wildman–Crippen LogP) is 3.59. The smallest absolute Gasteiger partial charge is 0.135 e. The quantitative estimate of drug-likeness (QED) is 0.728. The second-order valence-corrected chi connectivity index (χ2v) is 4.63. The van der Waals surface area contributed by atoms with E-state index in [2.05, 4.69) is 6.07 Å². The fourth-order valence-corrected chi connectivity index (χ4v) is 2.62. The molecule has 104 valence electrons. The first kappa shape index (κ1) is 13.1. The minimum absolute atomic E-state index is 0.110. The van der Waals surface area contributed by atoms with E-state index in [1.54, 1.807) is 25.3 Å². The van der Waals surface area contributed by atoms with Crippen LogP contribution >= 0.6 is 0 Å². The van der Waals surface area contributed by atoms with E-state index in [9.17, 15) is 10.4 Å². The molecule has 21 heavy (non-hydrogen) atoms. The van der Waals surface area contributed by atoms with Gasteiger partial charge in [-0.15, -0.1) is 0 Å². The number of nitriles is 1. The number of benzene rings is 3. The second-order valence-electron chi connectivity index (χ2n) is 4.63. The van der Waals surface area contributed by atoms with Crippen LogP contribution in [-0.4, -0.2) is 19.3 Å². The Balaban J connectivity index is 2.63. The van der Waals surface area contributed by atoms with Gasteiger partial charge in [-0.05, 0) is 6.07 Å². The van der Waals surface area contributed by atoms with Crippen LogP contribution in [0.25, 0.3) is 21.5 Å². The Morgan fingerprint density at radius 3 is 2.33 bits per heavy atom. The summed E-state index contributed by atoms with van der Waals surface area (Å²) in [6, 6.07) is 12.9. The Labute approximate surface area is 121 Å². The molecule has 0 radical (unpaired) electrons. The van der Waals surface area contributed by atoms with Crippen molar-refractivity contribution in [2.45, 2.75) is 0 Å². The number of phenolic OH excluding ortho intramolecular Hbond substituents is 1. The van der Waals surface area contributed by atoms with E-state index in [1.807, 2.05) is 18.2 Å². The maximum Gasteiger partial charge on any atom is 0.135 e. The average Bonchev–Trinajstić information content (AvgIpc) is 2.54. The summed E-state index contributed by atoms with van der Waals surface area (Å²) in [5.41, 5.74) is 0.496. The Morgan fingerprint density at radius 1 is 1.00 bits per heavy atom. The van der Waals surface area contributed by atoms with Gasteiger partial charge in [-0.3, -0.25) is 0 Å². The summed E-state index contributed by atoms with van der Waals surface area (Å²) in [5, 5.41) is 22.6. The summed E-state index contributed by atoms with van der Waals surface area (Å²) in [4.78, 5) is 0. The molecule has 0 saturated carbocycles. The molecule has 0 spiro atoms. The molecule has 0 saturated heterocycles. The summed E-state index contributed by atoms with van der Waals surface area (Å²) in [5.74, 6) is 1.16. The monoisotopic (exact) mass is 279 g/mol. The number of methoxy groups -OCH3 is 2. The molecule has 0 amide bonds. The van der Waals surface area contributed by atoms with Crippen LogP contribution in [0.4, 0.5) is 0 Å². The van der Waals surface area contributed by atoms with E-state index < -0.39 is 0 Å². The first-order valence-corrected chi connectivity index (χ1v) is 6.40. The van der Waals surface area contributed by atoms with Gasteiger partial charge in [0.15, 0.2) is 0 Å². The zero-order chi connectivity index (χ0) is 15.0. The maximum absolute atomic E-state index is 10.6. The maximum atomic E-state index is 10.6. The minimum Gasteiger partial charge on any atom is -0.507 e. The molecular formula is C17H13NO3. The molecule has 4 nitrogen and oxygen atoms in total. The van der Waals surface area contributed by atoms with Crippen molar-refractivity contribution >= 4 is 21.5 Å². The van der Waals surface area contributed by atoms with Crippen LogP contribution in [0.5, 0.6) is 17.2 Å². The molecule has 0 unspecified atom stereocenters. The highest BCUT2D eigenvalue weighted by atomic mass is 16.5. The Bertz CT molecular complexity index is 894.